The highest BCUT2D eigenvalue weighted by Crippen LogP contribution is 2.30. The fourth-order valence-corrected chi connectivity index (χ4v) is 3.16. The Morgan fingerprint density at radius 2 is 1.87 bits per heavy atom. The maximum Gasteiger partial charge on any atom is 0.416 e. The molecule has 1 aromatic rings. The van der Waals surface area contributed by atoms with Gasteiger partial charge in [-0.05, 0) is 42.9 Å². The predicted molar refractivity (Wildman–Crippen MR) is 85.9 cm³/mol. The molecule has 2 rings (SSSR count). The van der Waals surface area contributed by atoms with E-state index in [1.54, 1.807) is 6.08 Å². The molecule has 0 spiro atoms. The van der Waals surface area contributed by atoms with Gasteiger partial charge in [-0.2, -0.15) is 13.2 Å². The fraction of sp³-hybridized carbons (Fsp3) is 0.412. The van der Waals surface area contributed by atoms with Crippen LogP contribution in [0.15, 0.2) is 42.5 Å². The number of hydrogen-bond donors (Lipinski definition) is 0. The van der Waals surface area contributed by atoms with Crippen LogP contribution in [0.25, 0.3) is 6.08 Å². The van der Waals surface area contributed by atoms with Gasteiger partial charge in [-0.1, -0.05) is 36.4 Å². The molecule has 1 saturated carbocycles. The van der Waals surface area contributed by atoms with Crippen LogP contribution in [0.1, 0.15) is 30.4 Å². The Morgan fingerprint density at radius 3 is 2.48 bits per heavy atom. The zero-order valence-electron chi connectivity index (χ0n) is 12.8. The third-order valence-corrected chi connectivity index (χ3v) is 4.26. The molecule has 0 N–H and O–H groups in total. The molecule has 1 aliphatic rings. The van der Waals surface area contributed by atoms with Crippen LogP contribution in [0, 0.1) is 5.92 Å². The summed E-state index contributed by atoms with van der Waals surface area (Å²) in [6.45, 7) is 0. The summed E-state index contributed by atoms with van der Waals surface area (Å²) in [7, 11) is 0. The third kappa shape index (κ3) is 5.95. The van der Waals surface area contributed by atoms with E-state index < -0.39 is 22.8 Å². The summed E-state index contributed by atoms with van der Waals surface area (Å²) in [6.07, 6.45) is 7.55. The summed E-state index contributed by atoms with van der Waals surface area (Å²) in [5.74, 6) is 0.390. The first kappa shape index (κ1) is 17.9. The van der Waals surface area contributed by atoms with Crippen molar-refractivity contribution in [2.24, 2.45) is 5.92 Å². The summed E-state index contributed by atoms with van der Waals surface area (Å²) in [6, 6.07) is 5.05. The van der Waals surface area contributed by atoms with Gasteiger partial charge < -0.3 is 0 Å². The van der Waals surface area contributed by atoms with Gasteiger partial charge in [-0.25, -0.2) is 4.21 Å². The van der Waals surface area contributed by atoms with Gasteiger partial charge in [0.2, 0.25) is 0 Å². The second kappa shape index (κ2) is 7.93. The van der Waals surface area contributed by atoms with Gasteiger partial charge in [0.25, 0.3) is 0 Å². The second-order valence-electron chi connectivity index (χ2n) is 5.56. The molecule has 0 radical (unpaired) electrons. The van der Waals surface area contributed by atoms with Crippen LogP contribution in [-0.2, 0) is 21.4 Å². The Hall–Kier alpha value is -1.40. The molecule has 1 aromatic carbocycles. The van der Waals surface area contributed by atoms with Crippen LogP contribution in [0.5, 0.6) is 0 Å². The molecule has 1 aliphatic carbocycles. The first-order chi connectivity index (χ1) is 10.8. The van der Waals surface area contributed by atoms with Gasteiger partial charge >= 0.3 is 6.18 Å². The topological polar surface area (TPSA) is 26.3 Å². The molecule has 0 aliphatic heterocycles. The van der Waals surface area contributed by atoms with Crippen LogP contribution in [0.3, 0.4) is 0 Å². The lowest BCUT2D eigenvalue weighted by atomic mass is 10.1. The maximum atomic E-state index is 12.5. The van der Waals surface area contributed by atoms with Crippen molar-refractivity contribution in [3.63, 3.8) is 0 Å². The van der Waals surface area contributed by atoms with Crippen LogP contribution in [0.4, 0.5) is 13.2 Å². The van der Waals surface area contributed by atoms with E-state index in [0.717, 1.165) is 37.0 Å². The van der Waals surface area contributed by atoms with E-state index in [2.05, 4.69) is 6.08 Å². The van der Waals surface area contributed by atoms with Gasteiger partial charge in [-0.15, -0.1) is 0 Å². The van der Waals surface area contributed by atoms with E-state index >= 15 is 0 Å². The summed E-state index contributed by atoms with van der Waals surface area (Å²) in [5, 5.41) is 0. The highest BCUT2D eigenvalue weighted by atomic mass is 32.2. The molecule has 0 saturated heterocycles. The average Bonchev–Trinajstić information content (AvgIpc) is 2.90. The molecule has 0 aromatic heterocycles. The van der Waals surface area contributed by atoms with Crippen LogP contribution < -0.4 is 0 Å². The number of benzene rings is 1. The quantitative estimate of drug-likeness (QED) is 0.720. The minimum atomic E-state index is -4.30. The molecule has 0 amide bonds. The summed E-state index contributed by atoms with van der Waals surface area (Å²) in [5.41, 5.74) is 0.0761. The van der Waals surface area contributed by atoms with E-state index in [0.29, 0.717) is 5.92 Å². The van der Waals surface area contributed by atoms with Crippen molar-refractivity contribution in [1.82, 2.24) is 0 Å². The standard InChI is InChI=1S/C17H19F3O2S/c1-23(21)22-16-11-8-14(12-16)5-3-2-4-13-6-9-15(10-7-13)17(18,19)20/h2-7,9-10,14,16H,8,11-12H2,1H3/b4-2+,5-3+. The minimum Gasteiger partial charge on any atom is -0.287 e. The summed E-state index contributed by atoms with van der Waals surface area (Å²) >= 11 is -1.23. The molecular weight excluding hydrogens is 325 g/mol. The molecule has 0 bridgehead atoms. The molecule has 3 atom stereocenters. The Bertz CT molecular complexity index is 591. The van der Waals surface area contributed by atoms with E-state index in [1.165, 1.54) is 18.4 Å². The minimum absolute atomic E-state index is 0.0503. The zero-order valence-corrected chi connectivity index (χ0v) is 13.6. The molecule has 2 nitrogen and oxygen atoms in total. The van der Waals surface area contributed by atoms with Gasteiger partial charge in [0, 0.05) is 6.26 Å². The van der Waals surface area contributed by atoms with Gasteiger partial charge in [0.1, 0.15) is 0 Å². The van der Waals surface area contributed by atoms with Crippen LogP contribution >= 0.6 is 0 Å². The fourth-order valence-electron chi connectivity index (χ4n) is 2.60. The lowest BCUT2D eigenvalue weighted by molar-refractivity contribution is -0.137. The lowest BCUT2D eigenvalue weighted by Gasteiger charge is -2.07. The highest BCUT2D eigenvalue weighted by molar-refractivity contribution is 7.79. The van der Waals surface area contributed by atoms with Crippen molar-refractivity contribution in [3.8, 4) is 0 Å². The molecule has 0 heterocycles. The Morgan fingerprint density at radius 1 is 1.17 bits per heavy atom. The normalized spacial score (nSPS) is 23.8. The molecule has 126 valence electrons. The third-order valence-electron chi connectivity index (χ3n) is 3.72. The van der Waals surface area contributed by atoms with E-state index in [-0.39, 0.29) is 6.10 Å². The SMILES string of the molecule is CS(=O)OC1CCC(/C=C/C=C/c2ccc(C(F)(F)F)cc2)C1. The van der Waals surface area contributed by atoms with Crippen molar-refractivity contribution >= 4 is 17.2 Å². The molecule has 1 fully saturated rings. The zero-order chi connectivity index (χ0) is 16.9. The van der Waals surface area contributed by atoms with Crippen molar-refractivity contribution in [2.45, 2.75) is 31.5 Å². The Kier molecular flexibility index (Phi) is 6.18. The Labute approximate surface area is 136 Å². The molecule has 23 heavy (non-hydrogen) atoms. The number of halogens is 3. The van der Waals surface area contributed by atoms with Crippen molar-refractivity contribution in [2.75, 3.05) is 6.26 Å². The molecule has 6 heteroatoms. The average molecular weight is 344 g/mol. The van der Waals surface area contributed by atoms with Crippen molar-refractivity contribution in [1.29, 1.82) is 0 Å². The maximum absolute atomic E-state index is 12.5. The van der Waals surface area contributed by atoms with Gasteiger partial charge in [0.15, 0.2) is 11.1 Å². The Balaban J connectivity index is 1.83. The van der Waals surface area contributed by atoms with E-state index in [1.807, 2.05) is 12.2 Å². The molecular formula is C17H19F3O2S. The number of alkyl halides is 3. The van der Waals surface area contributed by atoms with Gasteiger partial charge in [0.05, 0.1) is 11.7 Å². The predicted octanol–water partition coefficient (Wildman–Crippen LogP) is 4.75. The number of rotatable bonds is 5. The largest absolute Gasteiger partial charge is 0.416 e. The van der Waals surface area contributed by atoms with Crippen molar-refractivity contribution in [3.05, 3.63) is 53.6 Å². The van der Waals surface area contributed by atoms with E-state index in [9.17, 15) is 17.4 Å². The number of allylic oxidation sites excluding steroid dienone is 3. The van der Waals surface area contributed by atoms with Gasteiger partial charge in [-0.3, -0.25) is 4.18 Å². The van der Waals surface area contributed by atoms with Crippen LogP contribution in [0.2, 0.25) is 0 Å². The highest BCUT2D eigenvalue weighted by Gasteiger charge is 2.29. The number of hydrogen-bond acceptors (Lipinski definition) is 2. The van der Waals surface area contributed by atoms with Crippen molar-refractivity contribution < 1.29 is 21.6 Å². The molecule has 3 unspecified atom stereocenters. The first-order valence-electron chi connectivity index (χ1n) is 7.37. The second-order valence-corrected chi connectivity index (χ2v) is 6.55. The lowest BCUT2D eigenvalue weighted by Crippen LogP contribution is -2.09. The monoisotopic (exact) mass is 344 g/mol. The van der Waals surface area contributed by atoms with E-state index in [4.69, 9.17) is 4.18 Å². The smallest absolute Gasteiger partial charge is 0.287 e. The summed E-state index contributed by atoms with van der Waals surface area (Å²) in [4.78, 5) is 0. The van der Waals surface area contributed by atoms with Crippen LogP contribution in [-0.4, -0.2) is 16.6 Å². The first-order valence-corrected chi connectivity index (χ1v) is 8.85. The summed E-state index contributed by atoms with van der Waals surface area (Å²) < 4.78 is 53.6.